The van der Waals surface area contributed by atoms with Gasteiger partial charge in [-0.3, -0.25) is 4.90 Å². The van der Waals surface area contributed by atoms with Gasteiger partial charge < -0.3 is 24.8 Å². The van der Waals surface area contributed by atoms with Crippen LogP contribution in [0.5, 0.6) is 11.8 Å². The molecule has 0 unspecified atom stereocenters. The van der Waals surface area contributed by atoms with E-state index >= 15 is 4.39 Å². The number of hydrogen-bond acceptors (Lipinski definition) is 9. The Morgan fingerprint density at radius 1 is 1.11 bits per heavy atom. The number of benzene rings is 1. The number of terminal acetylenes is 1. The number of alkyl halides is 1. The van der Waals surface area contributed by atoms with Crippen molar-refractivity contribution >= 4 is 33.2 Å². The first-order valence-electron chi connectivity index (χ1n) is 15.2. The van der Waals surface area contributed by atoms with Crippen LogP contribution in [0.3, 0.4) is 0 Å². The molecule has 0 saturated carbocycles. The Hall–Kier alpha value is -4.34. The van der Waals surface area contributed by atoms with Gasteiger partial charge in [-0.05, 0) is 43.3 Å². The summed E-state index contributed by atoms with van der Waals surface area (Å²) in [6, 6.07) is 6.01. The number of nitrogen functional groups attached to an aromatic ring is 1. The fraction of sp³-hybridized carbons (Fsp3) is 0.424. The van der Waals surface area contributed by atoms with E-state index in [1.807, 2.05) is 0 Å². The zero-order valence-corrected chi connectivity index (χ0v) is 24.5. The molecule has 0 aliphatic carbocycles. The highest BCUT2D eigenvalue weighted by Gasteiger charge is 2.49. The first kappa shape index (κ1) is 28.2. The number of fused-ring (bicyclic) bond motifs is 4. The molecule has 4 aromatic rings. The maximum atomic E-state index is 16.9. The number of nitrogens with two attached hydrogens (primary N) is 1. The summed E-state index contributed by atoms with van der Waals surface area (Å²) in [6.45, 7) is 3.29. The molecule has 1 aromatic carbocycles. The maximum absolute atomic E-state index is 16.9. The Kier molecular flexibility index (Phi) is 6.65. The summed E-state index contributed by atoms with van der Waals surface area (Å²) in [4.78, 5) is 18.0. The third-order valence-corrected chi connectivity index (χ3v) is 9.64. The smallest absolute Gasteiger partial charge is 0.226 e. The minimum atomic E-state index is -0.912. The second-order valence-electron chi connectivity index (χ2n) is 12.3. The van der Waals surface area contributed by atoms with Gasteiger partial charge in [0.2, 0.25) is 11.8 Å². The van der Waals surface area contributed by atoms with E-state index in [0.29, 0.717) is 55.6 Å². The van der Waals surface area contributed by atoms with E-state index in [-0.39, 0.29) is 64.7 Å². The van der Waals surface area contributed by atoms with Crippen LogP contribution in [-0.4, -0.2) is 83.7 Å². The van der Waals surface area contributed by atoms with Gasteiger partial charge in [0, 0.05) is 37.6 Å². The molecule has 7 heterocycles. The summed E-state index contributed by atoms with van der Waals surface area (Å²) >= 11 is 0. The third kappa shape index (κ3) is 4.51. The molecule has 3 fully saturated rings. The fourth-order valence-electron chi connectivity index (χ4n) is 7.56. The predicted octanol–water partition coefficient (Wildman–Crippen LogP) is 4.63. The number of halogens is 3. The van der Waals surface area contributed by atoms with E-state index < -0.39 is 23.3 Å². The molecular weight excluding hydrogens is 585 g/mol. The zero-order valence-electron chi connectivity index (χ0n) is 24.5. The van der Waals surface area contributed by atoms with Crippen molar-refractivity contribution in [2.75, 3.05) is 56.7 Å². The molecule has 4 aliphatic heterocycles. The van der Waals surface area contributed by atoms with Crippen LogP contribution < -0.4 is 20.1 Å². The van der Waals surface area contributed by atoms with Gasteiger partial charge in [0.15, 0.2) is 5.82 Å². The molecule has 12 heteroatoms. The molecule has 0 radical (unpaired) electrons. The lowest BCUT2D eigenvalue weighted by molar-refractivity contribution is 0.111. The van der Waals surface area contributed by atoms with Crippen LogP contribution in [0.25, 0.3) is 33.1 Å². The van der Waals surface area contributed by atoms with Crippen molar-refractivity contribution in [3.8, 4) is 35.5 Å². The molecule has 45 heavy (non-hydrogen) atoms. The highest BCUT2D eigenvalue weighted by Crippen LogP contribution is 2.45. The summed E-state index contributed by atoms with van der Waals surface area (Å²) in [6.07, 6.45) is 7.66. The monoisotopic (exact) mass is 616 g/mol. The number of pyridine rings is 3. The van der Waals surface area contributed by atoms with Gasteiger partial charge in [-0.25, -0.2) is 28.1 Å². The van der Waals surface area contributed by atoms with Crippen LogP contribution in [0.15, 0.2) is 24.3 Å². The molecule has 0 bridgehead atoms. The normalized spacial score (nSPS) is 24.5. The van der Waals surface area contributed by atoms with Gasteiger partial charge in [0.25, 0.3) is 0 Å². The van der Waals surface area contributed by atoms with Gasteiger partial charge in [-0.1, -0.05) is 12.0 Å². The lowest BCUT2D eigenvalue weighted by atomic mass is 9.95. The molecule has 232 valence electrons. The van der Waals surface area contributed by atoms with Crippen molar-refractivity contribution < 1.29 is 27.4 Å². The van der Waals surface area contributed by atoms with E-state index in [1.54, 1.807) is 12.1 Å². The van der Waals surface area contributed by atoms with Gasteiger partial charge in [0.1, 0.15) is 47.9 Å². The highest BCUT2D eigenvalue weighted by atomic mass is 19.1. The van der Waals surface area contributed by atoms with Crippen LogP contribution in [0, 0.1) is 24.0 Å². The van der Waals surface area contributed by atoms with Gasteiger partial charge in [-0.2, -0.15) is 0 Å². The zero-order chi connectivity index (χ0) is 30.9. The topological polar surface area (TPSA) is 98.9 Å². The summed E-state index contributed by atoms with van der Waals surface area (Å²) in [7, 11) is 0. The Bertz CT molecular complexity index is 1900. The van der Waals surface area contributed by atoms with Crippen molar-refractivity contribution in [2.24, 2.45) is 0 Å². The average molecular weight is 617 g/mol. The third-order valence-electron chi connectivity index (χ3n) is 9.64. The Balaban J connectivity index is 1.33. The van der Waals surface area contributed by atoms with Crippen molar-refractivity contribution in [2.45, 2.75) is 43.4 Å². The van der Waals surface area contributed by atoms with E-state index in [4.69, 9.17) is 26.4 Å². The van der Waals surface area contributed by atoms with Crippen LogP contribution in [-0.2, 0) is 4.74 Å². The van der Waals surface area contributed by atoms with Gasteiger partial charge in [0.05, 0.1) is 34.8 Å². The molecular formula is C33H31F3N6O3. The SMILES string of the molecule is C#Cc1c(F)ccc2cc(N)nc(-c3nc4c5c(cc(OC[C@@]67CCCN6C[C@H](F)C7)nc5c3F)N3CCOCC[C@H]3CO4)c12. The Morgan fingerprint density at radius 3 is 2.87 bits per heavy atom. The minimum Gasteiger partial charge on any atom is -0.476 e. The van der Waals surface area contributed by atoms with E-state index in [9.17, 15) is 8.78 Å². The maximum Gasteiger partial charge on any atom is 0.226 e. The second-order valence-corrected chi connectivity index (χ2v) is 12.3. The van der Waals surface area contributed by atoms with E-state index in [2.05, 4.69) is 30.7 Å². The molecule has 8 rings (SSSR count). The predicted molar refractivity (Wildman–Crippen MR) is 163 cm³/mol. The number of rotatable bonds is 4. The Labute approximate surface area is 257 Å². The molecule has 4 aliphatic rings. The lowest BCUT2D eigenvalue weighted by Crippen LogP contribution is -2.43. The number of hydrogen-bond donors (Lipinski definition) is 1. The standard InChI is InChI=1S/C33H31F3N6O3/c1-2-21-22(35)5-4-18-12-24(37)38-30(26(18)21)31-28(36)29-27-23(42-9-11-43-10-6-20(42)16-44-32(27)40-31)13-25(39-29)45-17-33-7-3-8-41(33)15-19(34)14-33/h1,4-5,12-13,19-20H,3,6-11,14-17H2,(H2,37,38)/t19-,20+,33+/m1/s1. The first-order chi connectivity index (χ1) is 21.8. The van der Waals surface area contributed by atoms with Crippen molar-refractivity contribution in [3.05, 3.63) is 41.5 Å². The number of anilines is 2. The molecule has 9 nitrogen and oxygen atoms in total. The molecule has 2 N–H and O–H groups in total. The summed E-state index contributed by atoms with van der Waals surface area (Å²) in [5, 5.41) is 1.08. The van der Waals surface area contributed by atoms with Crippen LogP contribution in [0.2, 0.25) is 0 Å². The molecule has 3 aromatic heterocycles. The largest absolute Gasteiger partial charge is 0.476 e. The molecule has 0 amide bonds. The molecule has 3 atom stereocenters. The summed E-state index contributed by atoms with van der Waals surface area (Å²) in [5.74, 6) is 1.38. The average Bonchev–Trinajstić information content (AvgIpc) is 3.38. The molecule has 3 saturated heterocycles. The highest BCUT2D eigenvalue weighted by molar-refractivity contribution is 6.03. The van der Waals surface area contributed by atoms with E-state index in [0.717, 1.165) is 19.4 Å². The van der Waals surface area contributed by atoms with Crippen LogP contribution in [0.4, 0.5) is 24.7 Å². The van der Waals surface area contributed by atoms with Crippen molar-refractivity contribution in [1.29, 1.82) is 0 Å². The van der Waals surface area contributed by atoms with Crippen molar-refractivity contribution in [3.63, 3.8) is 0 Å². The van der Waals surface area contributed by atoms with Crippen molar-refractivity contribution in [1.82, 2.24) is 19.9 Å². The number of nitrogens with zero attached hydrogens (tertiary/aromatic N) is 5. The second kappa shape index (κ2) is 10.6. The summed E-state index contributed by atoms with van der Waals surface area (Å²) < 4.78 is 64.7. The van der Waals surface area contributed by atoms with Gasteiger partial charge in [-0.15, -0.1) is 6.42 Å². The first-order valence-corrected chi connectivity index (χ1v) is 15.2. The van der Waals surface area contributed by atoms with Gasteiger partial charge >= 0.3 is 0 Å². The van der Waals surface area contributed by atoms with Crippen LogP contribution in [0.1, 0.15) is 31.2 Å². The number of aromatic nitrogens is 3. The number of ether oxygens (including phenoxy) is 3. The summed E-state index contributed by atoms with van der Waals surface area (Å²) in [5.41, 5.74) is 6.02. The van der Waals surface area contributed by atoms with E-state index in [1.165, 1.54) is 12.1 Å². The minimum absolute atomic E-state index is 0.0148. The Morgan fingerprint density at radius 2 is 2.00 bits per heavy atom. The fourth-order valence-corrected chi connectivity index (χ4v) is 7.56. The molecule has 0 spiro atoms. The quantitative estimate of drug-likeness (QED) is 0.329. The lowest BCUT2D eigenvalue weighted by Gasteiger charge is -2.32. The van der Waals surface area contributed by atoms with Crippen LogP contribution >= 0.6 is 0 Å².